The average molecular weight is 435 g/mol. The van der Waals surface area contributed by atoms with E-state index < -0.39 is 12.1 Å². The summed E-state index contributed by atoms with van der Waals surface area (Å²) in [5.41, 5.74) is 4.77. The number of nitrogens with zero attached hydrogens (tertiary/aromatic N) is 5. The Kier molecular flexibility index (Phi) is 7.13. The van der Waals surface area contributed by atoms with Crippen LogP contribution in [-0.4, -0.2) is 56.3 Å². The van der Waals surface area contributed by atoms with Crippen LogP contribution in [0, 0.1) is 5.92 Å². The Hall–Kier alpha value is -3.54. The van der Waals surface area contributed by atoms with Crippen LogP contribution in [0.1, 0.15) is 12.8 Å². The molecule has 164 valence electrons. The Balaban J connectivity index is 0.000000339. The number of anilines is 1. The van der Waals surface area contributed by atoms with Gasteiger partial charge in [0.15, 0.2) is 11.5 Å². The number of carboxylic acid groups (broad SMARTS) is 1. The lowest BCUT2D eigenvalue weighted by molar-refractivity contribution is -0.192. The lowest BCUT2D eigenvalue weighted by Crippen LogP contribution is -2.28. The number of nitrogens with one attached hydrogen (secondary N) is 2. The molecule has 1 aliphatic rings. The van der Waals surface area contributed by atoms with Gasteiger partial charge in [-0.2, -0.15) is 23.4 Å². The summed E-state index contributed by atoms with van der Waals surface area (Å²) in [6.07, 6.45) is 2.44. The van der Waals surface area contributed by atoms with Gasteiger partial charge in [-0.05, 0) is 44.0 Å². The Morgan fingerprint density at radius 2 is 1.90 bits per heavy atom. The van der Waals surface area contributed by atoms with Crippen LogP contribution in [0.3, 0.4) is 0 Å². The minimum Gasteiger partial charge on any atom is -0.475 e. The summed E-state index contributed by atoms with van der Waals surface area (Å²) < 4.78 is 33.5. The van der Waals surface area contributed by atoms with Crippen LogP contribution in [-0.2, 0) is 4.79 Å². The van der Waals surface area contributed by atoms with Gasteiger partial charge in [0.25, 0.3) is 0 Å². The lowest BCUT2D eigenvalue weighted by Gasteiger charge is -2.18. The summed E-state index contributed by atoms with van der Waals surface area (Å²) in [4.78, 5) is 17.6. The maximum absolute atomic E-state index is 10.6. The Labute approximate surface area is 175 Å². The fourth-order valence-electron chi connectivity index (χ4n) is 2.89. The smallest absolute Gasteiger partial charge is 0.475 e. The highest BCUT2D eigenvalue weighted by Gasteiger charge is 2.38. The van der Waals surface area contributed by atoms with Gasteiger partial charge < -0.3 is 10.4 Å². The van der Waals surface area contributed by atoms with Crippen molar-refractivity contribution < 1.29 is 23.1 Å². The number of fused-ring (bicyclic) bond motifs is 1. The monoisotopic (exact) mass is 435 g/mol. The molecule has 0 aliphatic carbocycles. The third-order valence-corrected chi connectivity index (χ3v) is 4.45. The molecule has 0 saturated carbocycles. The Morgan fingerprint density at radius 1 is 1.23 bits per heavy atom. The number of aromatic nitrogens is 4. The summed E-state index contributed by atoms with van der Waals surface area (Å²) in [5.74, 6) is -1.57. The first kappa shape index (κ1) is 22.2. The standard InChI is InChI=1S/C17H19N7.C2HF3O2/c1-2-4-14(5-3-1)24-17-15(11-22-24)16(19-12-20-17)23-21-10-13-6-8-18-9-7-13;3-2(4,5)1(6)7/h1-5,10-13,18H,6-9H2,(H,19,20,23);(H,6,7). The van der Waals surface area contributed by atoms with Crippen LogP contribution in [0.5, 0.6) is 0 Å². The number of hydrazone groups is 1. The van der Waals surface area contributed by atoms with Crippen molar-refractivity contribution in [3.63, 3.8) is 0 Å². The number of para-hydroxylation sites is 1. The van der Waals surface area contributed by atoms with Crippen LogP contribution >= 0.6 is 0 Å². The molecule has 0 unspecified atom stereocenters. The van der Waals surface area contributed by atoms with E-state index in [-0.39, 0.29) is 0 Å². The zero-order valence-electron chi connectivity index (χ0n) is 16.3. The van der Waals surface area contributed by atoms with E-state index in [0.717, 1.165) is 42.7 Å². The van der Waals surface area contributed by atoms with Gasteiger partial charge in [0.2, 0.25) is 0 Å². The molecule has 3 heterocycles. The summed E-state index contributed by atoms with van der Waals surface area (Å²) in [6, 6.07) is 9.93. The van der Waals surface area contributed by atoms with E-state index in [1.165, 1.54) is 6.33 Å². The predicted molar refractivity (Wildman–Crippen MR) is 108 cm³/mol. The van der Waals surface area contributed by atoms with E-state index >= 15 is 0 Å². The molecule has 0 atom stereocenters. The second kappa shape index (κ2) is 9.98. The highest BCUT2D eigenvalue weighted by Crippen LogP contribution is 2.21. The molecule has 1 fully saturated rings. The van der Waals surface area contributed by atoms with Gasteiger partial charge >= 0.3 is 12.1 Å². The summed E-state index contributed by atoms with van der Waals surface area (Å²) in [5, 5.41) is 20.1. The number of rotatable bonds is 4. The van der Waals surface area contributed by atoms with Crippen molar-refractivity contribution in [2.75, 3.05) is 18.5 Å². The molecule has 1 saturated heterocycles. The molecule has 4 rings (SSSR count). The van der Waals surface area contributed by atoms with Gasteiger partial charge in [0, 0.05) is 6.21 Å². The van der Waals surface area contributed by atoms with Gasteiger partial charge in [-0.25, -0.2) is 19.4 Å². The molecule has 0 spiro atoms. The number of hydrogen-bond acceptors (Lipinski definition) is 7. The van der Waals surface area contributed by atoms with Gasteiger partial charge in [-0.1, -0.05) is 18.2 Å². The molecule has 1 aliphatic heterocycles. The summed E-state index contributed by atoms with van der Waals surface area (Å²) >= 11 is 0. The number of carbonyl (C=O) groups is 1. The zero-order valence-corrected chi connectivity index (χ0v) is 16.3. The molecule has 9 nitrogen and oxygen atoms in total. The van der Waals surface area contributed by atoms with Gasteiger partial charge in [-0.3, -0.25) is 5.43 Å². The van der Waals surface area contributed by atoms with Crippen molar-refractivity contribution in [1.82, 2.24) is 25.1 Å². The average Bonchev–Trinajstić information content (AvgIpc) is 3.20. The highest BCUT2D eigenvalue weighted by atomic mass is 19.4. The van der Waals surface area contributed by atoms with E-state index in [2.05, 4.69) is 30.9 Å². The van der Waals surface area contributed by atoms with Gasteiger partial charge in [0.05, 0.1) is 17.3 Å². The van der Waals surface area contributed by atoms with Crippen LogP contribution in [0.15, 0.2) is 48.0 Å². The van der Waals surface area contributed by atoms with Crippen molar-refractivity contribution in [2.45, 2.75) is 19.0 Å². The third kappa shape index (κ3) is 5.98. The highest BCUT2D eigenvalue weighted by molar-refractivity contribution is 5.87. The van der Waals surface area contributed by atoms with Crippen LogP contribution in [0.2, 0.25) is 0 Å². The van der Waals surface area contributed by atoms with E-state index in [1.54, 1.807) is 10.9 Å². The largest absolute Gasteiger partial charge is 0.490 e. The molecule has 0 bridgehead atoms. The number of carboxylic acids is 1. The second-order valence-electron chi connectivity index (χ2n) is 6.63. The first-order valence-electron chi connectivity index (χ1n) is 9.40. The normalized spacial score (nSPS) is 14.9. The van der Waals surface area contributed by atoms with Crippen molar-refractivity contribution >= 4 is 29.0 Å². The van der Waals surface area contributed by atoms with Crippen molar-refractivity contribution in [3.05, 3.63) is 42.9 Å². The number of hydrogen-bond donors (Lipinski definition) is 3. The van der Waals surface area contributed by atoms with Crippen LogP contribution < -0.4 is 10.7 Å². The number of aliphatic carboxylic acids is 1. The van der Waals surface area contributed by atoms with E-state index in [1.807, 2.05) is 36.5 Å². The molecule has 0 amide bonds. The lowest BCUT2D eigenvalue weighted by atomic mass is 10.00. The molecule has 1 aromatic carbocycles. The molecule has 3 aromatic rings. The SMILES string of the molecule is C(=NNc1ncnc2c1cnn2-c1ccccc1)C1CCNCC1.O=C(O)C(F)(F)F. The first-order chi connectivity index (χ1) is 14.9. The molecular formula is C19H20F3N7O2. The van der Waals surface area contributed by atoms with Crippen molar-refractivity contribution in [2.24, 2.45) is 11.0 Å². The second-order valence-corrected chi connectivity index (χ2v) is 6.63. The van der Waals surface area contributed by atoms with Gasteiger partial charge in [-0.15, -0.1) is 0 Å². The molecule has 12 heteroatoms. The molecular weight excluding hydrogens is 415 g/mol. The van der Waals surface area contributed by atoms with Crippen LogP contribution in [0.25, 0.3) is 16.7 Å². The van der Waals surface area contributed by atoms with Crippen LogP contribution in [0.4, 0.5) is 19.0 Å². The first-order valence-corrected chi connectivity index (χ1v) is 9.40. The molecule has 0 radical (unpaired) electrons. The molecule has 3 N–H and O–H groups in total. The topological polar surface area (TPSA) is 117 Å². The van der Waals surface area contributed by atoms with Crippen molar-refractivity contribution in [3.8, 4) is 5.69 Å². The van der Waals surface area contributed by atoms with Gasteiger partial charge in [0.1, 0.15) is 6.33 Å². The van der Waals surface area contributed by atoms with Crippen molar-refractivity contribution in [1.29, 1.82) is 0 Å². The number of alkyl halides is 3. The fourth-order valence-corrected chi connectivity index (χ4v) is 2.89. The number of halogens is 3. The molecule has 2 aromatic heterocycles. The Morgan fingerprint density at radius 3 is 2.55 bits per heavy atom. The van der Waals surface area contributed by atoms with E-state index in [0.29, 0.717) is 11.7 Å². The third-order valence-electron chi connectivity index (χ3n) is 4.45. The van der Waals surface area contributed by atoms with E-state index in [9.17, 15) is 13.2 Å². The summed E-state index contributed by atoms with van der Waals surface area (Å²) in [7, 11) is 0. The quantitative estimate of drug-likeness (QED) is 0.426. The zero-order chi connectivity index (χ0) is 22.3. The van der Waals surface area contributed by atoms with E-state index in [4.69, 9.17) is 9.90 Å². The number of benzene rings is 1. The summed E-state index contributed by atoms with van der Waals surface area (Å²) in [6.45, 7) is 2.11. The minimum atomic E-state index is -5.08. The fraction of sp³-hybridized carbons (Fsp3) is 0.316. The minimum absolute atomic E-state index is 0.517. The predicted octanol–water partition coefficient (Wildman–Crippen LogP) is 2.85. The maximum atomic E-state index is 10.6. The maximum Gasteiger partial charge on any atom is 0.490 e. The molecule has 31 heavy (non-hydrogen) atoms. The number of piperidine rings is 1. The Bertz CT molecular complexity index is 1030.